The second-order valence-corrected chi connectivity index (χ2v) is 7.70. The molecule has 2 aromatic carbocycles. The number of alkyl halides is 4. The molecule has 0 spiro atoms. The van der Waals surface area contributed by atoms with E-state index in [9.17, 15) is 27.2 Å². The van der Waals surface area contributed by atoms with Gasteiger partial charge in [-0.15, -0.1) is 11.3 Å². The maximum absolute atomic E-state index is 13.4. The van der Waals surface area contributed by atoms with E-state index in [0.29, 0.717) is 17.1 Å². The topological polar surface area (TPSA) is 80.3 Å². The molecule has 12 heteroatoms. The first kappa shape index (κ1) is 27.3. The molecule has 1 aromatic heterocycles. The van der Waals surface area contributed by atoms with Crippen molar-refractivity contribution in [3.63, 3.8) is 0 Å². The molecule has 3 rings (SSSR count). The number of thiazole rings is 1. The van der Waals surface area contributed by atoms with Crippen LogP contribution < -0.4 is 10.6 Å². The van der Waals surface area contributed by atoms with Crippen molar-refractivity contribution in [2.45, 2.75) is 25.7 Å². The van der Waals surface area contributed by atoms with E-state index in [1.54, 1.807) is 19.1 Å². The van der Waals surface area contributed by atoms with Crippen LogP contribution in [0, 0.1) is 5.82 Å². The van der Waals surface area contributed by atoms with Crippen molar-refractivity contribution in [2.75, 3.05) is 11.1 Å². The van der Waals surface area contributed by atoms with E-state index >= 15 is 0 Å². The number of amides is 2. The summed E-state index contributed by atoms with van der Waals surface area (Å²) in [7, 11) is 0. The lowest BCUT2D eigenvalue weighted by Gasteiger charge is -2.12. The van der Waals surface area contributed by atoms with E-state index in [2.05, 4.69) is 31.5 Å². The Bertz CT molecular complexity index is 1110. The number of ether oxygens (including phenoxy) is 1. The number of benzene rings is 2. The van der Waals surface area contributed by atoms with Gasteiger partial charge in [0.25, 0.3) is 5.91 Å². The van der Waals surface area contributed by atoms with Crippen LogP contribution in [0.3, 0.4) is 0 Å². The molecule has 0 fully saturated rings. The minimum absolute atomic E-state index is 0.0858. The standard InChI is InChI=1S/C21H17F4N3O3S.CH3Br/c1-12(27-20(30)31-11-13-5-3-2-4-6-13)19-26-10-17(32-19)18(29)28-14-7-8-16(22)15(9-14)21(23,24)25;1-2/h2-10,12H,11H2,1H3,(H,27,30)(H,28,29);1H3. The number of halogens is 5. The average molecular weight is 562 g/mol. The number of carbonyl (C=O) groups excluding carboxylic acids is 2. The minimum atomic E-state index is -4.89. The van der Waals surface area contributed by atoms with Crippen LogP contribution in [0.25, 0.3) is 0 Å². The summed E-state index contributed by atoms with van der Waals surface area (Å²) in [6.45, 7) is 1.72. The zero-order valence-electron chi connectivity index (χ0n) is 18.0. The van der Waals surface area contributed by atoms with Gasteiger partial charge in [0, 0.05) is 5.69 Å². The first-order valence-electron chi connectivity index (χ1n) is 9.62. The molecule has 2 N–H and O–H groups in total. The summed E-state index contributed by atoms with van der Waals surface area (Å²) in [5, 5.41) is 5.26. The monoisotopic (exact) mass is 561 g/mol. The Kier molecular flexibility index (Phi) is 9.99. The molecule has 0 aliphatic carbocycles. The summed E-state index contributed by atoms with van der Waals surface area (Å²) in [6, 6.07) is 10.7. The number of anilines is 1. The van der Waals surface area contributed by atoms with Gasteiger partial charge in [0.1, 0.15) is 22.3 Å². The van der Waals surface area contributed by atoms with Crippen molar-refractivity contribution in [2.24, 2.45) is 0 Å². The molecule has 0 aliphatic heterocycles. The van der Waals surface area contributed by atoms with Crippen molar-refractivity contribution in [3.8, 4) is 0 Å². The summed E-state index contributed by atoms with van der Waals surface area (Å²) in [6.07, 6.45) is -4.33. The number of aromatic nitrogens is 1. The molecule has 0 saturated heterocycles. The predicted molar refractivity (Wildman–Crippen MR) is 124 cm³/mol. The molecule has 34 heavy (non-hydrogen) atoms. The largest absolute Gasteiger partial charge is 0.445 e. The third kappa shape index (κ3) is 7.80. The normalized spacial score (nSPS) is 11.6. The molecule has 3 aromatic rings. The first-order chi connectivity index (χ1) is 16.1. The van der Waals surface area contributed by atoms with Crippen molar-refractivity contribution >= 4 is 45.0 Å². The van der Waals surface area contributed by atoms with Gasteiger partial charge in [0.05, 0.1) is 17.8 Å². The number of hydrogen-bond acceptors (Lipinski definition) is 5. The highest BCUT2D eigenvalue weighted by molar-refractivity contribution is 9.08. The Morgan fingerprint density at radius 3 is 2.47 bits per heavy atom. The molecule has 2 amide bonds. The lowest BCUT2D eigenvalue weighted by molar-refractivity contribution is -0.139. The molecular formula is C22H20BrF4N3O3S. The SMILES string of the molecule is CBr.CC(NC(=O)OCc1ccccc1)c1ncc(C(=O)Nc2ccc(F)c(C(F)(F)F)c2)s1. The number of carbonyl (C=O) groups is 2. The Morgan fingerprint density at radius 2 is 1.82 bits per heavy atom. The third-order valence-electron chi connectivity index (χ3n) is 4.19. The zero-order chi connectivity index (χ0) is 25.3. The molecule has 1 heterocycles. The van der Waals surface area contributed by atoms with Crippen LogP contribution in [-0.4, -0.2) is 22.8 Å². The molecule has 1 atom stereocenters. The third-order valence-corrected chi connectivity index (χ3v) is 5.37. The van der Waals surface area contributed by atoms with Gasteiger partial charge in [-0.1, -0.05) is 46.3 Å². The zero-order valence-corrected chi connectivity index (χ0v) is 20.4. The van der Waals surface area contributed by atoms with Gasteiger partial charge in [-0.25, -0.2) is 14.2 Å². The maximum atomic E-state index is 13.4. The smallest absolute Gasteiger partial charge is 0.419 e. The number of alkyl carbamates (subject to hydrolysis) is 1. The van der Waals surface area contributed by atoms with Crippen molar-refractivity contribution in [1.29, 1.82) is 0 Å². The van der Waals surface area contributed by atoms with Gasteiger partial charge in [0.2, 0.25) is 0 Å². The minimum Gasteiger partial charge on any atom is -0.445 e. The van der Waals surface area contributed by atoms with Crippen LogP contribution in [0.2, 0.25) is 0 Å². The van der Waals surface area contributed by atoms with Gasteiger partial charge in [-0.3, -0.25) is 4.79 Å². The van der Waals surface area contributed by atoms with Crippen LogP contribution >= 0.6 is 27.3 Å². The highest BCUT2D eigenvalue weighted by Gasteiger charge is 2.34. The summed E-state index contributed by atoms with van der Waals surface area (Å²) >= 11 is 3.89. The molecule has 182 valence electrons. The van der Waals surface area contributed by atoms with E-state index < -0.39 is 35.6 Å². The molecule has 0 aliphatic rings. The number of rotatable bonds is 6. The summed E-state index contributed by atoms with van der Waals surface area (Å²) < 4.78 is 57.0. The van der Waals surface area contributed by atoms with Crippen LogP contribution in [0.5, 0.6) is 0 Å². The first-order valence-corrected chi connectivity index (χ1v) is 12.0. The highest BCUT2D eigenvalue weighted by Crippen LogP contribution is 2.33. The summed E-state index contributed by atoms with van der Waals surface area (Å²) in [5.41, 5.74) is -0.876. The molecule has 0 saturated carbocycles. The van der Waals surface area contributed by atoms with Crippen LogP contribution in [0.1, 0.15) is 38.8 Å². The van der Waals surface area contributed by atoms with E-state index in [0.717, 1.165) is 23.0 Å². The molecule has 1 unspecified atom stereocenters. The predicted octanol–water partition coefficient (Wildman–Crippen LogP) is 6.55. The number of nitrogens with zero attached hydrogens (tertiary/aromatic N) is 1. The van der Waals surface area contributed by atoms with Gasteiger partial charge in [0.15, 0.2) is 0 Å². The number of hydrogen-bond donors (Lipinski definition) is 2. The van der Waals surface area contributed by atoms with Crippen molar-refractivity contribution in [3.05, 3.63) is 81.6 Å². The molecule has 0 bridgehead atoms. The summed E-state index contributed by atoms with van der Waals surface area (Å²) in [5.74, 6) is -0.338. The fraction of sp³-hybridized carbons (Fsp3) is 0.227. The molecule has 0 radical (unpaired) electrons. The van der Waals surface area contributed by atoms with E-state index in [4.69, 9.17) is 4.74 Å². The van der Waals surface area contributed by atoms with Gasteiger partial charge in [-0.2, -0.15) is 13.2 Å². The number of nitrogens with one attached hydrogen (secondary N) is 2. The van der Waals surface area contributed by atoms with Gasteiger partial charge in [-0.05, 0) is 36.5 Å². The Labute approximate surface area is 205 Å². The Morgan fingerprint density at radius 1 is 1.15 bits per heavy atom. The van der Waals surface area contributed by atoms with Crippen molar-refractivity contribution in [1.82, 2.24) is 10.3 Å². The van der Waals surface area contributed by atoms with Crippen LogP contribution in [0.4, 0.5) is 28.0 Å². The van der Waals surface area contributed by atoms with E-state index in [1.165, 1.54) is 6.20 Å². The second-order valence-electron chi connectivity index (χ2n) is 6.64. The second kappa shape index (κ2) is 12.5. The van der Waals surface area contributed by atoms with E-state index in [1.807, 2.05) is 24.0 Å². The molecular weight excluding hydrogens is 542 g/mol. The van der Waals surface area contributed by atoms with Crippen molar-refractivity contribution < 1.29 is 31.9 Å². The van der Waals surface area contributed by atoms with Gasteiger partial charge < -0.3 is 15.4 Å². The quantitative estimate of drug-likeness (QED) is 0.264. The van der Waals surface area contributed by atoms with Gasteiger partial charge >= 0.3 is 12.3 Å². The Hall–Kier alpha value is -2.99. The Balaban J connectivity index is 0.00000199. The summed E-state index contributed by atoms with van der Waals surface area (Å²) in [4.78, 5) is 28.5. The fourth-order valence-electron chi connectivity index (χ4n) is 2.61. The lowest BCUT2D eigenvalue weighted by Crippen LogP contribution is -2.27. The molecule has 6 nitrogen and oxygen atoms in total. The van der Waals surface area contributed by atoms with Crippen LogP contribution in [0.15, 0.2) is 54.7 Å². The highest BCUT2D eigenvalue weighted by atomic mass is 79.9. The maximum Gasteiger partial charge on any atom is 0.419 e. The lowest BCUT2D eigenvalue weighted by atomic mass is 10.2. The fourth-order valence-corrected chi connectivity index (χ4v) is 3.42. The van der Waals surface area contributed by atoms with E-state index in [-0.39, 0.29) is 17.2 Å². The average Bonchev–Trinajstić information content (AvgIpc) is 3.31. The van der Waals surface area contributed by atoms with Crippen LogP contribution in [-0.2, 0) is 17.5 Å².